The number of hydrogen-bond acceptors (Lipinski definition) is 6. The van der Waals surface area contributed by atoms with Crippen LogP contribution in [0.1, 0.15) is 129 Å². The molecule has 2 atom stereocenters. The molecule has 38 heavy (non-hydrogen) atoms. The quantitative estimate of drug-likeness (QED) is 0.0563. The highest BCUT2D eigenvalue weighted by atomic mass is 31.2. The summed E-state index contributed by atoms with van der Waals surface area (Å²) >= 11 is 0. The van der Waals surface area contributed by atoms with Gasteiger partial charge in [-0.15, -0.1) is 0 Å². The second kappa shape index (κ2) is 25.9. The molecule has 0 bridgehead atoms. The standard InChI is InChI=1S/C30H65N2O5P/c1-6-8-9-10-11-12-13-14-15-16-17-18-19-20-21-22-23-24-26-35-29-30(28-31-7-2)37-38(33,34)36-27-25-32(3,4)5/h30-31H,6-29H2,1-5H3. The minimum Gasteiger partial charge on any atom is -0.756 e. The van der Waals surface area contributed by atoms with E-state index in [2.05, 4.69) is 12.2 Å². The summed E-state index contributed by atoms with van der Waals surface area (Å²) in [5.41, 5.74) is 0. The Bertz CT molecular complexity index is 545. The van der Waals surface area contributed by atoms with E-state index in [-0.39, 0.29) is 13.2 Å². The average Bonchev–Trinajstić information content (AvgIpc) is 2.84. The molecule has 0 aromatic heterocycles. The summed E-state index contributed by atoms with van der Waals surface area (Å²) in [6, 6.07) is 0. The fraction of sp³-hybridized carbons (Fsp3) is 1.00. The molecule has 0 radical (unpaired) electrons. The van der Waals surface area contributed by atoms with E-state index in [4.69, 9.17) is 13.8 Å². The van der Waals surface area contributed by atoms with Crippen LogP contribution in [0, 0.1) is 0 Å². The minimum atomic E-state index is -4.35. The normalized spacial score (nSPS) is 14.6. The van der Waals surface area contributed by atoms with Crippen LogP contribution in [0.15, 0.2) is 0 Å². The number of likely N-dealkylation sites (N-methyl/N-ethyl adjacent to an activating group) is 2. The molecule has 0 amide bonds. The van der Waals surface area contributed by atoms with Gasteiger partial charge in [0.05, 0.1) is 27.7 Å². The lowest BCUT2D eigenvalue weighted by Gasteiger charge is -2.30. The Morgan fingerprint density at radius 2 is 1.16 bits per heavy atom. The van der Waals surface area contributed by atoms with E-state index in [1.54, 1.807) is 0 Å². The number of phosphoric acid groups is 1. The molecule has 0 saturated heterocycles. The molecule has 0 spiro atoms. The number of quaternary nitrogens is 1. The Morgan fingerprint density at radius 1 is 0.711 bits per heavy atom. The summed E-state index contributed by atoms with van der Waals surface area (Å²) in [6.07, 6.45) is 23.8. The van der Waals surface area contributed by atoms with Crippen LogP contribution in [0.4, 0.5) is 0 Å². The monoisotopic (exact) mass is 564 g/mol. The smallest absolute Gasteiger partial charge is 0.268 e. The molecule has 0 heterocycles. The van der Waals surface area contributed by atoms with Crippen molar-refractivity contribution in [2.75, 3.05) is 60.6 Å². The van der Waals surface area contributed by atoms with Gasteiger partial charge in [-0.1, -0.05) is 123 Å². The van der Waals surface area contributed by atoms with Crippen molar-refractivity contribution < 1.29 is 27.7 Å². The van der Waals surface area contributed by atoms with Crippen LogP contribution in [0.25, 0.3) is 0 Å². The number of unbranched alkanes of at least 4 members (excludes halogenated alkanes) is 17. The average molecular weight is 565 g/mol. The molecular weight excluding hydrogens is 499 g/mol. The van der Waals surface area contributed by atoms with E-state index >= 15 is 0 Å². The van der Waals surface area contributed by atoms with Crippen LogP contribution >= 0.6 is 7.82 Å². The SMILES string of the molecule is CCCCCCCCCCCCCCCCCCCCOCC(CNCC)OP(=O)([O-])OCC[N+](C)(C)C. The maximum atomic E-state index is 12.2. The van der Waals surface area contributed by atoms with Crippen LogP contribution in [-0.4, -0.2) is 71.2 Å². The first-order valence-corrected chi connectivity index (χ1v) is 17.4. The van der Waals surface area contributed by atoms with E-state index in [0.717, 1.165) is 19.4 Å². The Kier molecular flexibility index (Phi) is 25.9. The predicted molar refractivity (Wildman–Crippen MR) is 159 cm³/mol. The van der Waals surface area contributed by atoms with Gasteiger partial charge in [-0.2, -0.15) is 0 Å². The molecule has 0 aliphatic rings. The third kappa shape index (κ3) is 29.0. The molecule has 0 saturated carbocycles. The molecule has 0 aliphatic carbocycles. The third-order valence-electron chi connectivity index (χ3n) is 6.86. The van der Waals surface area contributed by atoms with Crippen molar-refractivity contribution in [1.82, 2.24) is 5.32 Å². The van der Waals surface area contributed by atoms with Gasteiger partial charge in [0.2, 0.25) is 0 Å². The summed E-state index contributed by atoms with van der Waals surface area (Å²) in [5, 5.41) is 3.14. The Morgan fingerprint density at radius 3 is 1.58 bits per heavy atom. The Balaban J connectivity index is 3.63. The van der Waals surface area contributed by atoms with Crippen molar-refractivity contribution in [3.8, 4) is 0 Å². The van der Waals surface area contributed by atoms with Crippen LogP contribution in [-0.2, 0) is 18.3 Å². The highest BCUT2D eigenvalue weighted by Gasteiger charge is 2.19. The summed E-state index contributed by atoms with van der Waals surface area (Å²) in [5.74, 6) is 0. The zero-order chi connectivity index (χ0) is 28.4. The summed E-state index contributed by atoms with van der Waals surface area (Å²) < 4.78 is 28.9. The maximum Gasteiger partial charge on any atom is 0.268 e. The van der Waals surface area contributed by atoms with Crippen LogP contribution in [0.2, 0.25) is 0 Å². The first-order chi connectivity index (χ1) is 18.2. The lowest BCUT2D eigenvalue weighted by Crippen LogP contribution is -2.38. The zero-order valence-electron chi connectivity index (χ0n) is 26.0. The number of hydrogen-bond donors (Lipinski definition) is 1. The number of nitrogens with zero attached hydrogens (tertiary/aromatic N) is 1. The minimum absolute atomic E-state index is 0.109. The molecule has 7 nitrogen and oxygen atoms in total. The van der Waals surface area contributed by atoms with Gasteiger partial charge in [-0.05, 0) is 13.0 Å². The fourth-order valence-corrected chi connectivity index (χ4v) is 5.26. The van der Waals surface area contributed by atoms with Gasteiger partial charge in [0.15, 0.2) is 0 Å². The van der Waals surface area contributed by atoms with E-state index in [0.29, 0.717) is 24.2 Å². The van der Waals surface area contributed by atoms with Gasteiger partial charge < -0.3 is 28.5 Å². The Hall–Kier alpha value is -0.0100. The topological polar surface area (TPSA) is 79.9 Å². The molecule has 1 N–H and O–H groups in total. The summed E-state index contributed by atoms with van der Waals surface area (Å²) in [6.45, 7) is 6.99. The molecule has 0 aliphatic heterocycles. The van der Waals surface area contributed by atoms with E-state index < -0.39 is 13.9 Å². The van der Waals surface area contributed by atoms with Crippen molar-refractivity contribution in [2.24, 2.45) is 0 Å². The number of rotatable bonds is 30. The fourth-order valence-electron chi connectivity index (χ4n) is 4.39. The largest absolute Gasteiger partial charge is 0.756 e. The predicted octanol–water partition coefficient (Wildman–Crippen LogP) is 7.23. The molecule has 0 fully saturated rings. The number of phosphoric ester groups is 1. The van der Waals surface area contributed by atoms with Crippen molar-refractivity contribution in [3.05, 3.63) is 0 Å². The second-order valence-electron chi connectivity index (χ2n) is 11.9. The van der Waals surface area contributed by atoms with Gasteiger partial charge in [-0.3, -0.25) is 4.57 Å². The van der Waals surface area contributed by atoms with E-state index in [9.17, 15) is 9.46 Å². The molecule has 0 rings (SSSR count). The van der Waals surface area contributed by atoms with Gasteiger partial charge in [0.25, 0.3) is 7.82 Å². The van der Waals surface area contributed by atoms with Gasteiger partial charge in [0.1, 0.15) is 19.3 Å². The molecule has 8 heteroatoms. The molecule has 2 unspecified atom stereocenters. The van der Waals surface area contributed by atoms with E-state index in [1.165, 1.54) is 103 Å². The first kappa shape index (κ1) is 38.0. The van der Waals surface area contributed by atoms with Crippen molar-refractivity contribution >= 4 is 7.82 Å². The van der Waals surface area contributed by atoms with Crippen molar-refractivity contribution in [1.29, 1.82) is 0 Å². The summed E-state index contributed by atoms with van der Waals surface area (Å²) in [7, 11) is 1.61. The lowest BCUT2D eigenvalue weighted by molar-refractivity contribution is -0.870. The molecule has 0 aromatic carbocycles. The van der Waals surface area contributed by atoms with Gasteiger partial charge in [0, 0.05) is 13.2 Å². The van der Waals surface area contributed by atoms with Crippen molar-refractivity contribution in [3.63, 3.8) is 0 Å². The van der Waals surface area contributed by atoms with Crippen molar-refractivity contribution in [2.45, 2.75) is 136 Å². The molecular formula is C30H65N2O5P. The van der Waals surface area contributed by atoms with E-state index in [1.807, 2.05) is 28.1 Å². The highest BCUT2D eigenvalue weighted by Crippen LogP contribution is 2.39. The summed E-state index contributed by atoms with van der Waals surface area (Å²) in [4.78, 5) is 12.2. The van der Waals surface area contributed by atoms with Crippen LogP contribution in [0.5, 0.6) is 0 Å². The zero-order valence-corrected chi connectivity index (χ0v) is 26.9. The molecule has 0 aromatic rings. The third-order valence-corrected chi connectivity index (χ3v) is 7.91. The number of nitrogens with one attached hydrogen (secondary N) is 1. The van der Waals surface area contributed by atoms with Gasteiger partial charge >= 0.3 is 0 Å². The highest BCUT2D eigenvalue weighted by molar-refractivity contribution is 7.45. The Labute approximate surface area is 237 Å². The maximum absolute atomic E-state index is 12.2. The molecule has 230 valence electrons. The number of ether oxygens (including phenoxy) is 1. The lowest BCUT2D eigenvalue weighted by atomic mass is 10.0. The first-order valence-electron chi connectivity index (χ1n) is 15.9. The van der Waals surface area contributed by atoms with Crippen LogP contribution < -0.4 is 10.2 Å². The second-order valence-corrected chi connectivity index (χ2v) is 13.3. The van der Waals surface area contributed by atoms with Gasteiger partial charge in [-0.25, -0.2) is 0 Å². The van der Waals surface area contributed by atoms with Crippen LogP contribution in [0.3, 0.4) is 0 Å².